The summed E-state index contributed by atoms with van der Waals surface area (Å²) in [5.41, 5.74) is 3.69. The summed E-state index contributed by atoms with van der Waals surface area (Å²) in [6.45, 7) is 5.98. The van der Waals surface area contributed by atoms with E-state index in [4.69, 9.17) is 11.6 Å². The zero-order valence-electron chi connectivity index (χ0n) is 21.9. The minimum absolute atomic E-state index is 0.0166. The van der Waals surface area contributed by atoms with Crippen LogP contribution in [0.25, 0.3) is 5.76 Å². The Morgan fingerprint density at radius 1 is 1.08 bits per heavy atom. The van der Waals surface area contributed by atoms with Crippen molar-refractivity contribution in [3.63, 3.8) is 0 Å². The van der Waals surface area contributed by atoms with Gasteiger partial charge in [-0.25, -0.2) is 0 Å². The average Bonchev–Trinajstić information content (AvgIpc) is 2.87. The van der Waals surface area contributed by atoms with Crippen molar-refractivity contribution in [2.24, 2.45) is 5.41 Å². The van der Waals surface area contributed by atoms with E-state index in [1.54, 1.807) is 47.4 Å². The maximum absolute atomic E-state index is 13.9. The van der Waals surface area contributed by atoms with E-state index in [1.165, 1.54) is 12.1 Å². The van der Waals surface area contributed by atoms with Gasteiger partial charge < -0.3 is 5.11 Å². The van der Waals surface area contributed by atoms with E-state index in [-0.39, 0.29) is 34.1 Å². The number of non-ortho nitro benzene ring substituents is 1. The van der Waals surface area contributed by atoms with Gasteiger partial charge in [0, 0.05) is 57.6 Å². The number of carbonyl (C=O) groups excluding carboxylic acids is 1. The molecule has 3 aromatic rings. The molecular formula is C31H28ClN3O4. The smallest absolute Gasteiger partial charge is 0.269 e. The lowest BCUT2D eigenvalue weighted by Gasteiger charge is -2.45. The van der Waals surface area contributed by atoms with Crippen LogP contribution in [0.5, 0.6) is 0 Å². The number of rotatable bonds is 4. The summed E-state index contributed by atoms with van der Waals surface area (Å²) < 4.78 is 0. The Hall–Kier alpha value is -4.23. The number of aliphatic hydroxyl groups is 1. The van der Waals surface area contributed by atoms with Gasteiger partial charge in [-0.15, -0.1) is 0 Å². The zero-order valence-corrected chi connectivity index (χ0v) is 22.6. The molecule has 1 aliphatic heterocycles. The molecule has 0 spiro atoms. The molecule has 0 radical (unpaired) electrons. The van der Waals surface area contributed by atoms with Crippen LogP contribution < -0.4 is 4.90 Å². The van der Waals surface area contributed by atoms with Crippen LogP contribution in [0.1, 0.15) is 49.3 Å². The van der Waals surface area contributed by atoms with Crippen LogP contribution >= 0.6 is 11.6 Å². The Morgan fingerprint density at radius 2 is 1.74 bits per heavy atom. The first-order chi connectivity index (χ1) is 18.5. The molecule has 1 aliphatic carbocycles. The van der Waals surface area contributed by atoms with Crippen LogP contribution in [0, 0.1) is 27.9 Å². The molecule has 39 heavy (non-hydrogen) atoms. The summed E-state index contributed by atoms with van der Waals surface area (Å²) in [5, 5.41) is 33.0. The van der Waals surface area contributed by atoms with E-state index in [1.807, 2.05) is 39.0 Å². The number of nitrogens with one attached hydrogen (secondary N) is 1. The molecule has 0 fully saturated rings. The van der Waals surface area contributed by atoms with Crippen molar-refractivity contribution < 1.29 is 14.8 Å². The Balaban J connectivity index is 1.84. The third-order valence-electron chi connectivity index (χ3n) is 7.31. The second-order valence-electron chi connectivity index (χ2n) is 10.9. The van der Waals surface area contributed by atoms with Gasteiger partial charge in [-0.3, -0.25) is 25.2 Å². The second kappa shape index (κ2) is 9.82. The van der Waals surface area contributed by atoms with Gasteiger partial charge in [0.1, 0.15) is 11.6 Å². The lowest BCUT2D eigenvalue weighted by atomic mass is 9.67. The fourth-order valence-electron chi connectivity index (χ4n) is 5.50. The van der Waals surface area contributed by atoms with Gasteiger partial charge in [0.2, 0.25) is 0 Å². The molecule has 0 aromatic heterocycles. The maximum Gasteiger partial charge on any atom is 0.269 e. The molecule has 1 atom stereocenters. The van der Waals surface area contributed by atoms with Crippen molar-refractivity contribution in [3.05, 3.63) is 121 Å². The highest BCUT2D eigenvalue weighted by atomic mass is 35.5. The number of halogens is 1. The first-order valence-corrected chi connectivity index (χ1v) is 13.0. The molecule has 0 bridgehead atoms. The van der Waals surface area contributed by atoms with Gasteiger partial charge in [-0.2, -0.15) is 0 Å². The Morgan fingerprint density at radius 3 is 2.36 bits per heavy atom. The fraction of sp³-hybridized carbons (Fsp3) is 0.226. The summed E-state index contributed by atoms with van der Waals surface area (Å²) >= 11 is 6.35. The molecule has 0 saturated heterocycles. The number of ketones is 1. The number of hydrogen-bond acceptors (Lipinski definition) is 5. The minimum atomic E-state index is -0.784. The molecule has 1 unspecified atom stereocenters. The summed E-state index contributed by atoms with van der Waals surface area (Å²) in [7, 11) is 0. The average molecular weight is 542 g/mol. The molecule has 1 heterocycles. The third-order valence-corrected chi connectivity index (χ3v) is 7.54. The molecule has 5 rings (SSSR count). The van der Waals surface area contributed by atoms with Gasteiger partial charge in [0.05, 0.1) is 4.92 Å². The van der Waals surface area contributed by atoms with Gasteiger partial charge in [0.15, 0.2) is 5.78 Å². The molecule has 2 N–H and O–H groups in total. The van der Waals surface area contributed by atoms with Crippen LogP contribution in [0.2, 0.25) is 5.02 Å². The van der Waals surface area contributed by atoms with E-state index in [0.717, 1.165) is 5.56 Å². The van der Waals surface area contributed by atoms with Crippen LogP contribution in [-0.2, 0) is 4.79 Å². The number of nitrogens with zero attached hydrogens (tertiary/aromatic N) is 2. The first-order valence-electron chi connectivity index (χ1n) is 12.6. The number of anilines is 1. The monoisotopic (exact) mass is 541 g/mol. The Bertz CT molecular complexity index is 1570. The van der Waals surface area contributed by atoms with E-state index in [0.29, 0.717) is 45.9 Å². The highest BCUT2D eigenvalue weighted by Crippen LogP contribution is 2.51. The lowest BCUT2D eigenvalue weighted by molar-refractivity contribution is -0.384. The number of aliphatic hydroxyl groups excluding tert-OH is 1. The van der Waals surface area contributed by atoms with E-state index >= 15 is 0 Å². The summed E-state index contributed by atoms with van der Waals surface area (Å²) in [4.78, 5) is 26.5. The van der Waals surface area contributed by atoms with E-state index in [9.17, 15) is 25.4 Å². The molecule has 0 amide bonds. The number of amidine groups is 1. The van der Waals surface area contributed by atoms with Crippen molar-refractivity contribution in [1.82, 2.24) is 0 Å². The van der Waals surface area contributed by atoms with Crippen molar-refractivity contribution in [1.29, 1.82) is 5.41 Å². The number of hydrogen-bond donors (Lipinski definition) is 2. The topological polar surface area (TPSA) is 108 Å². The van der Waals surface area contributed by atoms with Gasteiger partial charge in [-0.1, -0.05) is 73.5 Å². The van der Waals surface area contributed by atoms with Crippen molar-refractivity contribution >= 4 is 40.4 Å². The first kappa shape index (κ1) is 26.4. The number of Topliss-reactive ketones (excluding diaryl/α,β-unsaturated/α-hetero) is 1. The van der Waals surface area contributed by atoms with Crippen molar-refractivity contribution in [2.75, 3.05) is 4.90 Å². The number of nitro groups is 1. The summed E-state index contributed by atoms with van der Waals surface area (Å²) in [6, 6.07) is 20.4. The van der Waals surface area contributed by atoms with Gasteiger partial charge in [-0.05, 0) is 42.5 Å². The summed E-state index contributed by atoms with van der Waals surface area (Å²) in [5.74, 6) is -0.977. The standard InChI is InChI=1S/C31H28ClN3O4/c1-18-7-9-20(10-8-18)29(37)28-26(19-11-13-22(14-12-19)35(38)39)27-24(16-31(2,3)17-25(27)36)34(30(28)33)23-6-4-5-21(32)15-23/h4-15,26,33,37H,16-17H2,1-3H3/b29-28+,33-30?. The second-order valence-corrected chi connectivity index (χ2v) is 11.3. The highest BCUT2D eigenvalue weighted by molar-refractivity contribution is 6.31. The molecule has 2 aliphatic rings. The van der Waals surface area contributed by atoms with Gasteiger partial charge in [0.25, 0.3) is 5.69 Å². The van der Waals surface area contributed by atoms with Crippen LogP contribution in [0.3, 0.4) is 0 Å². The van der Waals surface area contributed by atoms with E-state index < -0.39 is 10.8 Å². The van der Waals surface area contributed by atoms with Crippen molar-refractivity contribution in [2.45, 2.75) is 39.5 Å². The molecule has 198 valence electrons. The lowest BCUT2D eigenvalue weighted by Crippen LogP contribution is -2.45. The number of benzene rings is 3. The molecule has 0 saturated carbocycles. The normalized spacial score (nSPS) is 20.1. The van der Waals surface area contributed by atoms with Crippen LogP contribution in [0.4, 0.5) is 11.4 Å². The summed E-state index contributed by atoms with van der Waals surface area (Å²) in [6.07, 6.45) is 0.815. The number of nitro benzene ring substituents is 1. The number of allylic oxidation sites excluding steroid dienone is 2. The van der Waals surface area contributed by atoms with Crippen LogP contribution in [-0.4, -0.2) is 21.6 Å². The predicted octanol–water partition coefficient (Wildman–Crippen LogP) is 7.75. The minimum Gasteiger partial charge on any atom is -0.507 e. The van der Waals surface area contributed by atoms with Crippen molar-refractivity contribution in [3.8, 4) is 0 Å². The molecule has 3 aromatic carbocycles. The van der Waals surface area contributed by atoms with Crippen LogP contribution in [0.15, 0.2) is 89.6 Å². The fourth-order valence-corrected chi connectivity index (χ4v) is 5.69. The molecule has 8 heteroatoms. The van der Waals surface area contributed by atoms with E-state index in [2.05, 4.69) is 0 Å². The largest absolute Gasteiger partial charge is 0.507 e. The molecular weight excluding hydrogens is 514 g/mol. The molecule has 7 nitrogen and oxygen atoms in total. The highest BCUT2D eigenvalue weighted by Gasteiger charge is 2.46. The zero-order chi connectivity index (χ0) is 28.1. The Kier molecular flexibility index (Phi) is 6.64. The maximum atomic E-state index is 13.9. The Labute approximate surface area is 231 Å². The number of carbonyl (C=O) groups is 1. The third kappa shape index (κ3) is 4.86. The SMILES string of the molecule is Cc1ccc(/C(O)=C2\C(=N)N(c3cccc(Cl)c3)C3=C(C(=O)CC(C)(C)C3)C2c2ccc([N+](=O)[O-])cc2)cc1. The quantitative estimate of drug-likeness (QED) is 0.199. The van der Waals surface area contributed by atoms with Gasteiger partial charge >= 0.3 is 0 Å². The number of aryl methyl sites for hydroxylation is 1. The predicted molar refractivity (Wildman–Crippen MR) is 153 cm³/mol.